The minimum absolute atomic E-state index is 0.132. The number of hydrogen-bond acceptors (Lipinski definition) is 6. The Labute approximate surface area is 180 Å². The summed E-state index contributed by atoms with van der Waals surface area (Å²) in [6.45, 7) is 10.8. The van der Waals surface area contributed by atoms with E-state index in [4.69, 9.17) is 9.52 Å². The number of aryl methyl sites for hydroxylation is 2. The molecule has 0 saturated carbocycles. The molecule has 164 valence electrons. The van der Waals surface area contributed by atoms with E-state index in [-0.39, 0.29) is 17.6 Å². The maximum Gasteiger partial charge on any atom is 0.336 e. The van der Waals surface area contributed by atoms with Gasteiger partial charge in [-0.05, 0) is 38.7 Å². The second-order valence-corrected chi connectivity index (χ2v) is 8.17. The number of aromatic hydroxyl groups is 1. The fourth-order valence-corrected chi connectivity index (χ4v) is 4.09. The number of aliphatic imine (C=N–C) groups is 1. The van der Waals surface area contributed by atoms with E-state index in [2.05, 4.69) is 30.2 Å². The van der Waals surface area contributed by atoms with E-state index < -0.39 is 0 Å². The summed E-state index contributed by atoms with van der Waals surface area (Å²) < 4.78 is 9.65. The highest BCUT2D eigenvalue weighted by atomic mass is 16.5. The molecule has 4 heterocycles. The van der Waals surface area contributed by atoms with E-state index >= 15 is 0 Å². The number of rotatable bonds is 6. The van der Waals surface area contributed by atoms with Gasteiger partial charge in [-0.2, -0.15) is 5.10 Å². The standard InChI is InChI=1S/C22H28N6O3/c1-6-20-13(2)7-17(14(3)24-20)9-26-12-21(29)28(22(26)30)18-8-23-27(10-18)11-19-15(4)25-31-16(19)5/h7-8,10,12-13,20,29H,6,9,11H2,1-5H3. The van der Waals surface area contributed by atoms with Crippen LogP contribution in [-0.2, 0) is 13.1 Å². The quantitative estimate of drug-likeness (QED) is 0.655. The summed E-state index contributed by atoms with van der Waals surface area (Å²) in [6, 6.07) is 0.280. The lowest BCUT2D eigenvalue weighted by molar-refractivity contribution is 0.391. The molecule has 31 heavy (non-hydrogen) atoms. The van der Waals surface area contributed by atoms with Gasteiger partial charge in [-0.3, -0.25) is 14.2 Å². The summed E-state index contributed by atoms with van der Waals surface area (Å²) in [4.78, 5) is 17.8. The monoisotopic (exact) mass is 424 g/mol. The van der Waals surface area contributed by atoms with E-state index in [1.165, 1.54) is 15.3 Å². The van der Waals surface area contributed by atoms with Crippen molar-refractivity contribution in [1.29, 1.82) is 0 Å². The average molecular weight is 425 g/mol. The van der Waals surface area contributed by atoms with Crippen LogP contribution in [-0.4, -0.2) is 40.9 Å². The second-order valence-electron chi connectivity index (χ2n) is 8.17. The first kappa shape index (κ1) is 20.9. The molecule has 9 heteroatoms. The van der Waals surface area contributed by atoms with Crippen molar-refractivity contribution >= 4 is 5.71 Å². The van der Waals surface area contributed by atoms with E-state index in [1.807, 2.05) is 20.8 Å². The summed E-state index contributed by atoms with van der Waals surface area (Å²) in [6.07, 6.45) is 7.90. The van der Waals surface area contributed by atoms with E-state index in [9.17, 15) is 9.90 Å². The lowest BCUT2D eigenvalue weighted by atomic mass is 9.92. The summed E-state index contributed by atoms with van der Waals surface area (Å²) in [5.74, 6) is 0.920. The van der Waals surface area contributed by atoms with Crippen LogP contribution in [0.3, 0.4) is 0 Å². The highest BCUT2D eigenvalue weighted by Gasteiger charge is 2.22. The third-order valence-electron chi connectivity index (χ3n) is 5.97. The number of dihydropyridines is 1. The zero-order valence-corrected chi connectivity index (χ0v) is 18.5. The van der Waals surface area contributed by atoms with Crippen molar-refractivity contribution in [1.82, 2.24) is 24.1 Å². The molecule has 4 rings (SSSR count). The third-order valence-corrected chi connectivity index (χ3v) is 5.97. The predicted molar refractivity (Wildman–Crippen MR) is 117 cm³/mol. The number of allylic oxidation sites excluding steroid dienone is 1. The Morgan fingerprint density at radius 3 is 2.65 bits per heavy atom. The number of aromatic nitrogens is 5. The SMILES string of the molecule is CCC1N=C(C)C(Cn2cc(O)n(-c3cnn(Cc4c(C)noc4C)c3)c2=O)=CC1C. The van der Waals surface area contributed by atoms with Crippen molar-refractivity contribution in [3.05, 3.63) is 57.7 Å². The van der Waals surface area contributed by atoms with E-state index in [0.29, 0.717) is 24.7 Å². The zero-order chi connectivity index (χ0) is 22.3. The summed E-state index contributed by atoms with van der Waals surface area (Å²) >= 11 is 0. The first-order valence-corrected chi connectivity index (χ1v) is 10.5. The van der Waals surface area contributed by atoms with Gasteiger partial charge in [-0.15, -0.1) is 0 Å². The van der Waals surface area contributed by atoms with Gasteiger partial charge in [0, 0.05) is 17.5 Å². The molecule has 0 radical (unpaired) electrons. The maximum atomic E-state index is 13.0. The molecule has 0 bridgehead atoms. The van der Waals surface area contributed by atoms with Crippen LogP contribution in [0.15, 0.2) is 44.5 Å². The number of imidazole rings is 1. The normalized spacial score (nSPS) is 18.9. The van der Waals surface area contributed by atoms with Crippen LogP contribution in [0.2, 0.25) is 0 Å². The van der Waals surface area contributed by atoms with Gasteiger partial charge in [0.05, 0.1) is 42.9 Å². The second kappa shape index (κ2) is 8.05. The third kappa shape index (κ3) is 3.87. The molecule has 0 fully saturated rings. The van der Waals surface area contributed by atoms with Crippen LogP contribution in [0.4, 0.5) is 0 Å². The largest absolute Gasteiger partial charge is 0.493 e. The molecule has 3 aromatic heterocycles. The van der Waals surface area contributed by atoms with Gasteiger partial charge < -0.3 is 9.63 Å². The lowest BCUT2D eigenvalue weighted by Gasteiger charge is -2.24. The predicted octanol–water partition coefficient (Wildman–Crippen LogP) is 3.01. The maximum absolute atomic E-state index is 13.0. The van der Waals surface area contributed by atoms with Gasteiger partial charge in [-0.1, -0.05) is 25.1 Å². The van der Waals surface area contributed by atoms with Crippen molar-refractivity contribution in [3.63, 3.8) is 0 Å². The van der Waals surface area contributed by atoms with Crippen molar-refractivity contribution in [2.24, 2.45) is 10.9 Å². The molecule has 3 aromatic rings. The Balaban J connectivity index is 1.59. The van der Waals surface area contributed by atoms with Gasteiger partial charge in [-0.25, -0.2) is 9.36 Å². The fourth-order valence-electron chi connectivity index (χ4n) is 4.09. The molecule has 0 amide bonds. The van der Waals surface area contributed by atoms with Crippen molar-refractivity contribution in [2.45, 2.75) is 60.2 Å². The van der Waals surface area contributed by atoms with Gasteiger partial charge in [0.2, 0.25) is 5.88 Å². The summed E-state index contributed by atoms with van der Waals surface area (Å²) in [7, 11) is 0. The smallest absolute Gasteiger partial charge is 0.336 e. The first-order chi connectivity index (χ1) is 14.8. The van der Waals surface area contributed by atoms with Crippen LogP contribution >= 0.6 is 0 Å². The lowest BCUT2D eigenvalue weighted by Crippen LogP contribution is -2.27. The summed E-state index contributed by atoms with van der Waals surface area (Å²) in [5.41, 5.74) is 3.87. The van der Waals surface area contributed by atoms with Gasteiger partial charge in [0.15, 0.2) is 0 Å². The van der Waals surface area contributed by atoms with Crippen molar-refractivity contribution in [2.75, 3.05) is 0 Å². The minimum Gasteiger partial charge on any atom is -0.493 e. The van der Waals surface area contributed by atoms with E-state index in [1.54, 1.807) is 17.1 Å². The topological polar surface area (TPSA) is 103 Å². The van der Waals surface area contributed by atoms with Crippen LogP contribution in [0, 0.1) is 19.8 Å². The Hall–Kier alpha value is -3.36. The Bertz CT molecular complexity index is 1200. The van der Waals surface area contributed by atoms with Gasteiger partial charge >= 0.3 is 5.69 Å². The Morgan fingerprint density at radius 1 is 1.19 bits per heavy atom. The highest BCUT2D eigenvalue weighted by Crippen LogP contribution is 2.23. The molecule has 1 aliphatic heterocycles. The Kier molecular flexibility index (Phi) is 5.43. The molecular formula is C22H28N6O3. The molecule has 2 atom stereocenters. The summed E-state index contributed by atoms with van der Waals surface area (Å²) in [5, 5.41) is 18.8. The average Bonchev–Trinajstić information content (AvgIpc) is 3.39. The van der Waals surface area contributed by atoms with Gasteiger partial charge in [0.1, 0.15) is 5.76 Å². The fraction of sp³-hybridized carbons (Fsp3) is 0.455. The van der Waals surface area contributed by atoms with Crippen LogP contribution in [0.25, 0.3) is 5.69 Å². The molecule has 0 saturated heterocycles. The first-order valence-electron chi connectivity index (χ1n) is 10.5. The number of nitrogens with zero attached hydrogens (tertiary/aromatic N) is 6. The molecular weight excluding hydrogens is 396 g/mol. The zero-order valence-electron chi connectivity index (χ0n) is 18.5. The van der Waals surface area contributed by atoms with E-state index in [0.717, 1.165) is 34.7 Å². The van der Waals surface area contributed by atoms with Crippen LogP contribution in [0.5, 0.6) is 5.88 Å². The van der Waals surface area contributed by atoms with Crippen molar-refractivity contribution in [3.8, 4) is 11.6 Å². The number of hydrogen-bond donors (Lipinski definition) is 1. The molecule has 0 aliphatic carbocycles. The molecule has 1 N–H and O–H groups in total. The molecule has 0 aromatic carbocycles. The minimum atomic E-state index is -0.326. The highest BCUT2D eigenvalue weighted by molar-refractivity contribution is 5.98. The van der Waals surface area contributed by atoms with Crippen LogP contribution in [0.1, 0.15) is 44.2 Å². The van der Waals surface area contributed by atoms with Crippen molar-refractivity contribution < 1.29 is 9.63 Å². The van der Waals surface area contributed by atoms with Gasteiger partial charge in [0.25, 0.3) is 0 Å². The molecule has 9 nitrogen and oxygen atoms in total. The molecule has 0 spiro atoms. The van der Waals surface area contributed by atoms with Crippen LogP contribution < -0.4 is 5.69 Å². The Morgan fingerprint density at radius 2 is 1.97 bits per heavy atom. The molecule has 2 unspecified atom stereocenters. The molecule has 1 aliphatic rings.